The predicted octanol–water partition coefficient (Wildman–Crippen LogP) is 4.26. The molecule has 0 saturated carbocycles. The van der Waals surface area contributed by atoms with Gasteiger partial charge in [0, 0.05) is 36.9 Å². The third-order valence-electron chi connectivity index (χ3n) is 6.68. The van der Waals surface area contributed by atoms with Crippen molar-refractivity contribution >= 4 is 11.7 Å². The number of urea groups is 1. The van der Waals surface area contributed by atoms with Crippen LogP contribution in [-0.4, -0.2) is 56.3 Å². The van der Waals surface area contributed by atoms with Crippen LogP contribution in [0.2, 0.25) is 0 Å². The third-order valence-corrected chi connectivity index (χ3v) is 6.68. The van der Waals surface area contributed by atoms with E-state index in [1.54, 1.807) is 23.9 Å². The Balaban J connectivity index is 1.25. The van der Waals surface area contributed by atoms with Gasteiger partial charge in [-0.15, -0.1) is 5.10 Å². The standard InChI is InChI=1S/C26H34FN7O/c1-18(28-26(35)29-24-8-4-7-22(16-24)25-30-31-32-33(25)3)14-19(2)34-13-5-6-21(17-34)15-20-9-11-23(27)12-10-20/h4,7-12,16,18-19,21H,5-6,13-15,17H2,1-3H3,(H2,28,29,35)/t18-,19-,21+/m1/s1. The number of aryl methyl sites for hydroxylation is 1. The molecule has 0 radical (unpaired) electrons. The van der Waals surface area contributed by atoms with Crippen molar-refractivity contribution in [3.05, 3.63) is 59.9 Å². The van der Waals surface area contributed by atoms with Crippen LogP contribution in [0, 0.1) is 11.7 Å². The molecule has 0 unspecified atom stereocenters. The number of hydrogen-bond donors (Lipinski definition) is 2. The van der Waals surface area contributed by atoms with E-state index in [0.717, 1.165) is 37.9 Å². The van der Waals surface area contributed by atoms with E-state index in [1.807, 2.05) is 43.3 Å². The van der Waals surface area contributed by atoms with Crippen LogP contribution in [0.15, 0.2) is 48.5 Å². The van der Waals surface area contributed by atoms with Crippen LogP contribution < -0.4 is 10.6 Å². The number of nitrogens with one attached hydrogen (secondary N) is 2. The first kappa shape index (κ1) is 24.8. The number of nitrogens with zero attached hydrogens (tertiary/aromatic N) is 5. The highest BCUT2D eigenvalue weighted by Gasteiger charge is 2.25. The van der Waals surface area contributed by atoms with Crippen molar-refractivity contribution in [1.82, 2.24) is 30.4 Å². The van der Waals surface area contributed by atoms with Crippen molar-refractivity contribution in [1.29, 1.82) is 0 Å². The minimum atomic E-state index is -0.231. The summed E-state index contributed by atoms with van der Waals surface area (Å²) in [6, 6.07) is 14.5. The van der Waals surface area contributed by atoms with Gasteiger partial charge in [-0.25, -0.2) is 13.9 Å². The van der Waals surface area contributed by atoms with Crippen LogP contribution in [0.3, 0.4) is 0 Å². The molecule has 9 heteroatoms. The molecule has 3 aromatic rings. The van der Waals surface area contributed by atoms with Crippen LogP contribution in [0.5, 0.6) is 0 Å². The summed E-state index contributed by atoms with van der Waals surface area (Å²) in [5.41, 5.74) is 2.71. The lowest BCUT2D eigenvalue weighted by molar-refractivity contribution is 0.121. The summed E-state index contributed by atoms with van der Waals surface area (Å²) in [6.45, 7) is 6.37. The van der Waals surface area contributed by atoms with Crippen LogP contribution in [0.1, 0.15) is 38.7 Å². The molecule has 35 heavy (non-hydrogen) atoms. The first-order valence-corrected chi connectivity index (χ1v) is 12.3. The molecule has 0 spiro atoms. The van der Waals surface area contributed by atoms with Crippen LogP contribution in [-0.2, 0) is 13.5 Å². The average Bonchev–Trinajstić information content (AvgIpc) is 3.26. The van der Waals surface area contributed by atoms with Crippen LogP contribution in [0.25, 0.3) is 11.4 Å². The normalized spacial score (nSPS) is 18.1. The summed E-state index contributed by atoms with van der Waals surface area (Å²) in [5.74, 6) is 1.02. The second-order valence-corrected chi connectivity index (χ2v) is 9.62. The second-order valence-electron chi connectivity index (χ2n) is 9.62. The highest BCUT2D eigenvalue weighted by molar-refractivity contribution is 5.90. The maximum Gasteiger partial charge on any atom is 0.319 e. The van der Waals surface area contributed by atoms with Crippen molar-refractivity contribution in [2.24, 2.45) is 13.0 Å². The first-order chi connectivity index (χ1) is 16.9. The largest absolute Gasteiger partial charge is 0.335 e. The van der Waals surface area contributed by atoms with Crippen molar-refractivity contribution in [3.8, 4) is 11.4 Å². The zero-order valence-electron chi connectivity index (χ0n) is 20.6. The second kappa shape index (κ2) is 11.4. The number of halogens is 1. The smallest absolute Gasteiger partial charge is 0.319 e. The van der Waals surface area contributed by atoms with Gasteiger partial charge in [0.15, 0.2) is 5.82 Å². The van der Waals surface area contributed by atoms with Crippen molar-refractivity contribution in [2.45, 2.75) is 51.6 Å². The lowest BCUT2D eigenvalue weighted by atomic mass is 9.90. The Kier molecular flexibility index (Phi) is 8.07. The van der Waals surface area contributed by atoms with E-state index >= 15 is 0 Å². The Morgan fingerprint density at radius 1 is 1.20 bits per heavy atom. The van der Waals surface area contributed by atoms with Gasteiger partial charge in [-0.2, -0.15) is 0 Å². The van der Waals surface area contributed by atoms with Crippen molar-refractivity contribution in [2.75, 3.05) is 18.4 Å². The summed E-state index contributed by atoms with van der Waals surface area (Å²) in [6.07, 6.45) is 4.20. The highest BCUT2D eigenvalue weighted by atomic mass is 19.1. The SMILES string of the molecule is C[C@H](C[C@@H](C)N1CCC[C@@H](Cc2ccc(F)cc2)C1)NC(=O)Nc1cccc(-c2nnnn2C)c1. The van der Waals surface area contributed by atoms with Gasteiger partial charge in [0.25, 0.3) is 0 Å². The molecule has 3 atom stereocenters. The molecule has 4 rings (SSSR count). The van der Waals surface area contributed by atoms with Crippen molar-refractivity contribution < 1.29 is 9.18 Å². The number of carbonyl (C=O) groups is 1. The number of amides is 2. The third kappa shape index (κ3) is 6.85. The zero-order valence-corrected chi connectivity index (χ0v) is 20.6. The Hall–Kier alpha value is -3.33. The fourth-order valence-electron chi connectivity index (χ4n) is 4.94. The fraction of sp³-hybridized carbons (Fsp3) is 0.462. The van der Waals surface area contributed by atoms with Gasteiger partial charge < -0.3 is 15.5 Å². The molecule has 2 amide bonds. The Morgan fingerprint density at radius 2 is 2.00 bits per heavy atom. The van der Waals surface area contributed by atoms with Gasteiger partial charge in [0.2, 0.25) is 0 Å². The maximum absolute atomic E-state index is 13.2. The van der Waals surface area contributed by atoms with E-state index in [-0.39, 0.29) is 17.9 Å². The number of likely N-dealkylation sites (tertiary alicyclic amines) is 1. The van der Waals surface area contributed by atoms with Gasteiger partial charge in [0.05, 0.1) is 0 Å². The molecular weight excluding hydrogens is 445 g/mol. The van der Waals surface area contributed by atoms with Gasteiger partial charge >= 0.3 is 6.03 Å². The number of hydrogen-bond acceptors (Lipinski definition) is 5. The molecule has 1 aromatic heterocycles. The Morgan fingerprint density at radius 3 is 2.74 bits per heavy atom. The minimum absolute atomic E-state index is 0.0219. The Bertz CT molecular complexity index is 1120. The summed E-state index contributed by atoms with van der Waals surface area (Å²) < 4.78 is 14.8. The summed E-state index contributed by atoms with van der Waals surface area (Å²) >= 11 is 0. The van der Waals surface area contributed by atoms with E-state index in [0.29, 0.717) is 23.5 Å². The number of tetrazole rings is 1. The molecule has 1 aliphatic rings. The number of carbonyl (C=O) groups excluding carboxylic acids is 1. The number of piperidine rings is 1. The topological polar surface area (TPSA) is 88.0 Å². The Labute approximate surface area is 205 Å². The summed E-state index contributed by atoms with van der Waals surface area (Å²) in [5, 5.41) is 17.5. The van der Waals surface area contributed by atoms with Crippen LogP contribution in [0.4, 0.5) is 14.9 Å². The van der Waals surface area contributed by atoms with E-state index < -0.39 is 0 Å². The molecule has 0 bridgehead atoms. The number of benzene rings is 2. The van der Waals surface area contributed by atoms with Gasteiger partial charge in [-0.1, -0.05) is 24.3 Å². The minimum Gasteiger partial charge on any atom is -0.335 e. The van der Waals surface area contributed by atoms with E-state index in [1.165, 1.54) is 12.0 Å². The molecule has 8 nitrogen and oxygen atoms in total. The van der Waals surface area contributed by atoms with Crippen LogP contribution >= 0.6 is 0 Å². The number of aromatic nitrogens is 4. The number of rotatable bonds is 8. The first-order valence-electron chi connectivity index (χ1n) is 12.3. The molecule has 1 fully saturated rings. The molecule has 186 valence electrons. The molecule has 1 saturated heterocycles. The maximum atomic E-state index is 13.2. The van der Waals surface area contributed by atoms with Gasteiger partial charge in [-0.3, -0.25) is 0 Å². The molecule has 2 aromatic carbocycles. The molecule has 2 heterocycles. The summed E-state index contributed by atoms with van der Waals surface area (Å²) in [7, 11) is 1.78. The molecule has 1 aliphatic heterocycles. The predicted molar refractivity (Wildman–Crippen MR) is 134 cm³/mol. The van der Waals surface area contributed by atoms with E-state index in [4.69, 9.17) is 0 Å². The lowest BCUT2D eigenvalue weighted by Crippen LogP contribution is -2.45. The van der Waals surface area contributed by atoms with Gasteiger partial charge in [-0.05, 0) is 92.2 Å². The molecule has 2 N–H and O–H groups in total. The molecule has 0 aliphatic carbocycles. The zero-order chi connectivity index (χ0) is 24.8. The number of anilines is 1. The van der Waals surface area contributed by atoms with E-state index in [2.05, 4.69) is 38.0 Å². The van der Waals surface area contributed by atoms with Crippen molar-refractivity contribution in [3.63, 3.8) is 0 Å². The fourth-order valence-corrected chi connectivity index (χ4v) is 4.94. The molecular formula is C26H34FN7O. The summed E-state index contributed by atoms with van der Waals surface area (Å²) in [4.78, 5) is 15.1. The quantitative estimate of drug-likeness (QED) is 0.504. The van der Waals surface area contributed by atoms with E-state index in [9.17, 15) is 9.18 Å². The monoisotopic (exact) mass is 479 g/mol. The average molecular weight is 480 g/mol. The van der Waals surface area contributed by atoms with Gasteiger partial charge in [0.1, 0.15) is 5.82 Å². The lowest BCUT2D eigenvalue weighted by Gasteiger charge is -2.38. The highest BCUT2D eigenvalue weighted by Crippen LogP contribution is 2.24.